The van der Waals surface area contributed by atoms with E-state index in [1.807, 2.05) is 6.07 Å². The van der Waals surface area contributed by atoms with Gasteiger partial charge in [-0.15, -0.1) is 0 Å². The molecule has 0 spiro atoms. The molecule has 0 saturated carbocycles. The van der Waals surface area contributed by atoms with Crippen LogP contribution >= 0.6 is 0 Å². The van der Waals surface area contributed by atoms with Crippen LogP contribution in [0.4, 0.5) is 0 Å². The van der Waals surface area contributed by atoms with E-state index in [2.05, 4.69) is 47.9 Å². The fourth-order valence-corrected chi connectivity index (χ4v) is 2.18. The van der Waals surface area contributed by atoms with E-state index in [1.165, 1.54) is 5.56 Å². The van der Waals surface area contributed by atoms with Crippen molar-refractivity contribution in [1.29, 1.82) is 0 Å². The van der Waals surface area contributed by atoms with Crippen LogP contribution in [0.2, 0.25) is 0 Å². The van der Waals surface area contributed by atoms with Gasteiger partial charge in [0, 0.05) is 12.1 Å². The number of hydrogen-bond donors (Lipinski definition) is 0. The molecule has 1 heterocycles. The van der Waals surface area contributed by atoms with E-state index in [0.29, 0.717) is 0 Å². The third-order valence-corrected chi connectivity index (χ3v) is 3.16. The molecule has 1 aromatic carbocycles. The minimum atomic E-state index is 0.0835. The normalized spacial score (nSPS) is 24.2. The van der Waals surface area contributed by atoms with Gasteiger partial charge >= 0.3 is 0 Å². The van der Waals surface area contributed by atoms with Gasteiger partial charge in [0.15, 0.2) is 0 Å². The molecular weight excluding hydrogens is 184 g/mol. The van der Waals surface area contributed by atoms with Crippen molar-refractivity contribution < 1.29 is 0 Å². The lowest BCUT2D eigenvalue weighted by Gasteiger charge is -2.48. The third-order valence-electron chi connectivity index (χ3n) is 3.16. The molecule has 1 aliphatic heterocycles. The van der Waals surface area contributed by atoms with Crippen LogP contribution < -0.4 is 0 Å². The van der Waals surface area contributed by atoms with Crippen molar-refractivity contribution in [3.05, 3.63) is 47.3 Å². The molecule has 1 aliphatic rings. The van der Waals surface area contributed by atoms with E-state index in [4.69, 9.17) is 6.57 Å². The molecule has 2 heteroatoms. The van der Waals surface area contributed by atoms with Gasteiger partial charge < -0.3 is 0 Å². The van der Waals surface area contributed by atoms with Crippen LogP contribution in [0.15, 0.2) is 30.3 Å². The smallest absolute Gasteiger partial charge is 0.282 e. The average molecular weight is 200 g/mol. The molecule has 0 radical (unpaired) electrons. The molecule has 1 atom stereocenters. The maximum Gasteiger partial charge on any atom is 0.282 e. The summed E-state index contributed by atoms with van der Waals surface area (Å²) in [6.45, 7) is 12.4. The van der Waals surface area contributed by atoms with Crippen molar-refractivity contribution in [3.63, 3.8) is 0 Å². The zero-order valence-corrected chi connectivity index (χ0v) is 9.27. The number of benzene rings is 1. The Morgan fingerprint density at radius 1 is 1.40 bits per heavy atom. The van der Waals surface area contributed by atoms with E-state index >= 15 is 0 Å². The topological polar surface area (TPSA) is 7.60 Å². The molecule has 15 heavy (non-hydrogen) atoms. The van der Waals surface area contributed by atoms with Gasteiger partial charge in [-0.1, -0.05) is 30.3 Å². The van der Waals surface area contributed by atoms with Gasteiger partial charge in [-0.05, 0) is 19.4 Å². The Kier molecular flexibility index (Phi) is 2.50. The fraction of sp³-hybridized carbons (Fsp3) is 0.462. The van der Waals surface area contributed by atoms with Crippen LogP contribution in [0.3, 0.4) is 0 Å². The first-order chi connectivity index (χ1) is 7.13. The van der Waals surface area contributed by atoms with Gasteiger partial charge in [0.2, 0.25) is 0 Å². The summed E-state index contributed by atoms with van der Waals surface area (Å²) < 4.78 is 0. The Morgan fingerprint density at radius 3 is 2.60 bits per heavy atom. The van der Waals surface area contributed by atoms with Crippen molar-refractivity contribution in [1.82, 2.24) is 4.90 Å². The van der Waals surface area contributed by atoms with Crippen LogP contribution in [-0.4, -0.2) is 16.6 Å². The maximum absolute atomic E-state index is 7.12. The number of hydrogen-bond acceptors (Lipinski definition) is 1. The standard InChI is InChI=1S/C13H16N2/c1-13(2)9-12(14-3)15(13)10-11-7-5-4-6-8-11/h4-8,12H,9-10H2,1-2H3. The highest BCUT2D eigenvalue weighted by atomic mass is 15.3. The molecule has 78 valence electrons. The molecule has 1 fully saturated rings. The Morgan fingerprint density at radius 2 is 2.07 bits per heavy atom. The number of rotatable bonds is 2. The van der Waals surface area contributed by atoms with Gasteiger partial charge in [0.1, 0.15) is 0 Å². The maximum atomic E-state index is 7.12. The molecule has 0 bridgehead atoms. The summed E-state index contributed by atoms with van der Waals surface area (Å²) in [5.74, 6) is 0. The molecule has 2 nitrogen and oxygen atoms in total. The van der Waals surface area contributed by atoms with Gasteiger partial charge in [0.25, 0.3) is 6.17 Å². The molecular formula is C13H16N2. The van der Waals surface area contributed by atoms with Crippen molar-refractivity contribution in [2.75, 3.05) is 0 Å². The summed E-state index contributed by atoms with van der Waals surface area (Å²) in [6.07, 6.45) is 1.07. The van der Waals surface area contributed by atoms with Crippen molar-refractivity contribution in [2.24, 2.45) is 0 Å². The van der Waals surface area contributed by atoms with Crippen LogP contribution in [-0.2, 0) is 6.54 Å². The lowest BCUT2D eigenvalue weighted by Crippen LogP contribution is -2.60. The van der Waals surface area contributed by atoms with Gasteiger partial charge in [-0.25, -0.2) is 11.5 Å². The summed E-state index contributed by atoms with van der Waals surface area (Å²) in [7, 11) is 0. The SMILES string of the molecule is [C-]#[N+]C1CC(C)(C)N1Cc1ccccc1. The summed E-state index contributed by atoms with van der Waals surface area (Å²) in [4.78, 5) is 5.92. The predicted molar refractivity (Wildman–Crippen MR) is 61.1 cm³/mol. The first-order valence-electron chi connectivity index (χ1n) is 5.31. The van der Waals surface area contributed by atoms with Crippen molar-refractivity contribution in [3.8, 4) is 0 Å². The highest BCUT2D eigenvalue weighted by Gasteiger charge is 2.49. The van der Waals surface area contributed by atoms with E-state index < -0.39 is 0 Å². The lowest BCUT2D eigenvalue weighted by molar-refractivity contribution is -0.0345. The van der Waals surface area contributed by atoms with Crippen LogP contribution in [0, 0.1) is 6.57 Å². The molecule has 0 aromatic heterocycles. The fourth-order valence-electron chi connectivity index (χ4n) is 2.18. The van der Waals surface area contributed by atoms with Crippen LogP contribution in [0.5, 0.6) is 0 Å². The summed E-state index contributed by atoms with van der Waals surface area (Å²) >= 11 is 0. The van der Waals surface area contributed by atoms with Crippen molar-refractivity contribution >= 4 is 0 Å². The summed E-state index contributed by atoms with van der Waals surface area (Å²) in [5, 5.41) is 0. The Balaban J connectivity index is 2.09. The quantitative estimate of drug-likeness (QED) is 0.666. The Bertz CT molecular complexity index is 375. The lowest BCUT2D eigenvalue weighted by atomic mass is 9.85. The largest absolute Gasteiger partial charge is 0.296 e. The second kappa shape index (κ2) is 3.67. The minimum absolute atomic E-state index is 0.0835. The summed E-state index contributed by atoms with van der Waals surface area (Å²) in [6, 6.07) is 10.4. The van der Waals surface area contributed by atoms with E-state index in [-0.39, 0.29) is 11.7 Å². The third kappa shape index (κ3) is 1.88. The monoisotopic (exact) mass is 200 g/mol. The molecule has 0 aliphatic carbocycles. The second-order valence-electron chi connectivity index (χ2n) is 4.74. The Hall–Kier alpha value is -1.33. The highest BCUT2D eigenvalue weighted by Crippen LogP contribution is 2.37. The molecule has 1 aromatic rings. The minimum Gasteiger partial charge on any atom is -0.296 e. The zero-order valence-electron chi connectivity index (χ0n) is 9.27. The van der Waals surface area contributed by atoms with Crippen LogP contribution in [0.1, 0.15) is 25.8 Å². The number of nitrogens with zero attached hydrogens (tertiary/aromatic N) is 2. The first-order valence-corrected chi connectivity index (χ1v) is 5.31. The highest BCUT2D eigenvalue weighted by molar-refractivity contribution is 5.17. The predicted octanol–water partition coefficient (Wildman–Crippen LogP) is 2.92. The number of likely N-dealkylation sites (tertiary alicyclic amines) is 1. The molecule has 1 unspecified atom stereocenters. The van der Waals surface area contributed by atoms with Gasteiger partial charge in [0.05, 0.1) is 6.42 Å². The van der Waals surface area contributed by atoms with E-state index in [9.17, 15) is 0 Å². The summed E-state index contributed by atoms with van der Waals surface area (Å²) in [5.41, 5.74) is 1.48. The average Bonchev–Trinajstić information content (AvgIpc) is 2.24. The van der Waals surface area contributed by atoms with E-state index in [0.717, 1.165) is 13.0 Å². The van der Waals surface area contributed by atoms with Crippen molar-refractivity contribution in [2.45, 2.75) is 38.5 Å². The van der Waals surface area contributed by atoms with E-state index in [1.54, 1.807) is 0 Å². The van der Waals surface area contributed by atoms with Gasteiger partial charge in [-0.3, -0.25) is 4.85 Å². The molecule has 2 rings (SSSR count). The van der Waals surface area contributed by atoms with Gasteiger partial charge in [-0.2, -0.15) is 0 Å². The first kappa shape index (κ1) is 10.2. The Labute approximate surface area is 91.3 Å². The second-order valence-corrected chi connectivity index (χ2v) is 4.74. The molecule has 1 saturated heterocycles. The molecule has 0 N–H and O–H groups in total. The molecule has 0 amide bonds. The van der Waals surface area contributed by atoms with Crippen LogP contribution in [0.25, 0.3) is 4.85 Å². The zero-order chi connectivity index (χ0) is 10.9.